The molecule has 0 bridgehead atoms. The first kappa shape index (κ1) is 11.7. The number of nitrogen functional groups attached to an aromatic ring is 1. The minimum absolute atomic E-state index is 0.511. The summed E-state index contributed by atoms with van der Waals surface area (Å²) in [6, 6.07) is 1.76. The van der Waals surface area contributed by atoms with Gasteiger partial charge in [0.1, 0.15) is 0 Å². The van der Waals surface area contributed by atoms with Crippen molar-refractivity contribution >= 4 is 44.1 Å². The molecule has 2 aromatic rings. The molecule has 6 heteroatoms. The number of rotatable bonds is 3. The molecular weight excluding hydrogens is 293 g/mol. The molecule has 1 aromatic heterocycles. The van der Waals surface area contributed by atoms with Crippen molar-refractivity contribution in [2.75, 3.05) is 19.5 Å². The minimum Gasteiger partial charge on any atom is -0.397 e. The minimum atomic E-state index is 0.511. The van der Waals surface area contributed by atoms with E-state index in [1.807, 2.05) is 10.9 Å². The second kappa shape index (κ2) is 4.61. The first-order valence-electron chi connectivity index (χ1n) is 4.73. The summed E-state index contributed by atoms with van der Waals surface area (Å²) >= 11 is 9.40. The van der Waals surface area contributed by atoms with Gasteiger partial charge in [0.25, 0.3) is 0 Å². The molecule has 0 spiro atoms. The molecule has 0 fully saturated rings. The average molecular weight is 305 g/mol. The molecular formula is C10H11BrClN3O. The molecule has 2 N–H and O–H groups in total. The van der Waals surface area contributed by atoms with Crippen LogP contribution in [0.1, 0.15) is 0 Å². The first-order valence-corrected chi connectivity index (χ1v) is 5.90. The zero-order valence-electron chi connectivity index (χ0n) is 8.70. The van der Waals surface area contributed by atoms with Crippen molar-refractivity contribution in [1.29, 1.82) is 0 Å². The van der Waals surface area contributed by atoms with Crippen molar-refractivity contribution in [3.63, 3.8) is 0 Å². The molecule has 0 amide bonds. The van der Waals surface area contributed by atoms with Crippen molar-refractivity contribution in [2.45, 2.75) is 6.54 Å². The third-order valence-corrected chi connectivity index (χ3v) is 3.48. The molecule has 0 atom stereocenters. The molecule has 0 unspecified atom stereocenters. The lowest BCUT2D eigenvalue weighted by atomic mass is 10.2. The molecule has 86 valence electrons. The number of fused-ring (bicyclic) bond motifs is 1. The highest BCUT2D eigenvalue weighted by molar-refractivity contribution is 9.10. The van der Waals surface area contributed by atoms with Crippen LogP contribution in [0.2, 0.25) is 5.02 Å². The van der Waals surface area contributed by atoms with Crippen LogP contribution in [0.3, 0.4) is 0 Å². The Morgan fingerprint density at radius 2 is 2.38 bits per heavy atom. The Kier molecular flexibility index (Phi) is 3.37. The van der Waals surface area contributed by atoms with E-state index in [1.165, 1.54) is 0 Å². The van der Waals surface area contributed by atoms with Gasteiger partial charge in [-0.15, -0.1) is 0 Å². The van der Waals surface area contributed by atoms with Crippen LogP contribution in [0.4, 0.5) is 5.69 Å². The molecule has 0 aliphatic carbocycles. The van der Waals surface area contributed by atoms with Crippen LogP contribution in [0.15, 0.2) is 16.7 Å². The van der Waals surface area contributed by atoms with Gasteiger partial charge in [0.15, 0.2) is 0 Å². The van der Waals surface area contributed by atoms with Crippen LogP contribution in [-0.4, -0.2) is 23.5 Å². The van der Waals surface area contributed by atoms with Crippen LogP contribution in [0.5, 0.6) is 0 Å². The molecule has 0 saturated heterocycles. The van der Waals surface area contributed by atoms with Crippen molar-refractivity contribution in [3.8, 4) is 0 Å². The lowest BCUT2D eigenvalue weighted by Crippen LogP contribution is -2.03. The van der Waals surface area contributed by atoms with Crippen molar-refractivity contribution in [2.24, 2.45) is 0 Å². The van der Waals surface area contributed by atoms with Gasteiger partial charge < -0.3 is 10.5 Å². The Bertz CT molecular complexity index is 526. The quantitative estimate of drug-likeness (QED) is 0.887. The Balaban J connectivity index is 2.49. The number of halogens is 2. The molecule has 0 radical (unpaired) electrons. The van der Waals surface area contributed by atoms with Gasteiger partial charge in [-0.2, -0.15) is 5.10 Å². The van der Waals surface area contributed by atoms with Crippen molar-refractivity contribution in [1.82, 2.24) is 9.78 Å². The van der Waals surface area contributed by atoms with E-state index < -0.39 is 0 Å². The van der Waals surface area contributed by atoms with E-state index in [0.717, 1.165) is 15.4 Å². The predicted molar refractivity (Wildman–Crippen MR) is 68.7 cm³/mol. The number of benzene rings is 1. The highest BCUT2D eigenvalue weighted by atomic mass is 79.9. The molecule has 1 aromatic carbocycles. The van der Waals surface area contributed by atoms with Crippen LogP contribution in [0, 0.1) is 0 Å². The molecule has 1 heterocycles. The van der Waals surface area contributed by atoms with E-state index in [-0.39, 0.29) is 0 Å². The molecule has 0 saturated carbocycles. The Morgan fingerprint density at radius 3 is 3.06 bits per heavy atom. The number of nitrogens with two attached hydrogens (primary N) is 1. The third kappa shape index (κ3) is 2.03. The van der Waals surface area contributed by atoms with Gasteiger partial charge in [-0.25, -0.2) is 0 Å². The maximum atomic E-state index is 5.98. The number of hydrogen-bond acceptors (Lipinski definition) is 3. The lowest BCUT2D eigenvalue weighted by Gasteiger charge is -2.00. The number of nitrogens with zero attached hydrogens (tertiary/aromatic N) is 2. The lowest BCUT2D eigenvalue weighted by molar-refractivity contribution is 0.184. The summed E-state index contributed by atoms with van der Waals surface area (Å²) in [6.45, 7) is 1.32. The van der Waals surface area contributed by atoms with Crippen LogP contribution < -0.4 is 5.73 Å². The first-order chi connectivity index (χ1) is 7.63. The van der Waals surface area contributed by atoms with Gasteiger partial charge in [-0.3, -0.25) is 4.68 Å². The fraction of sp³-hybridized carbons (Fsp3) is 0.300. The summed E-state index contributed by atoms with van der Waals surface area (Å²) in [5.41, 5.74) is 7.18. The number of methoxy groups -OCH3 is 1. The molecule has 0 aliphatic heterocycles. The zero-order valence-corrected chi connectivity index (χ0v) is 11.0. The fourth-order valence-corrected chi connectivity index (χ4v) is 2.29. The van der Waals surface area contributed by atoms with E-state index in [9.17, 15) is 0 Å². The van der Waals surface area contributed by atoms with E-state index in [4.69, 9.17) is 22.1 Å². The topological polar surface area (TPSA) is 53.1 Å². The Labute approximate surface area is 106 Å². The molecule has 16 heavy (non-hydrogen) atoms. The number of ether oxygens (including phenoxy) is 1. The number of hydrogen-bond donors (Lipinski definition) is 1. The van der Waals surface area contributed by atoms with Crippen molar-refractivity contribution in [3.05, 3.63) is 21.8 Å². The molecule has 0 aliphatic rings. The summed E-state index contributed by atoms with van der Waals surface area (Å²) in [5.74, 6) is 0. The largest absolute Gasteiger partial charge is 0.397 e. The van der Waals surface area contributed by atoms with Gasteiger partial charge in [0, 0.05) is 18.7 Å². The second-order valence-electron chi connectivity index (χ2n) is 3.40. The maximum absolute atomic E-state index is 5.98. The van der Waals surface area contributed by atoms with Gasteiger partial charge in [0.05, 0.1) is 33.9 Å². The van der Waals surface area contributed by atoms with E-state index in [1.54, 1.807) is 13.2 Å². The van der Waals surface area contributed by atoms with Crippen LogP contribution in [-0.2, 0) is 11.3 Å². The Morgan fingerprint density at radius 1 is 1.62 bits per heavy atom. The average Bonchev–Trinajstić information content (AvgIpc) is 2.66. The fourth-order valence-electron chi connectivity index (χ4n) is 1.46. The third-order valence-electron chi connectivity index (χ3n) is 2.31. The van der Waals surface area contributed by atoms with Gasteiger partial charge in [-0.1, -0.05) is 11.6 Å². The summed E-state index contributed by atoms with van der Waals surface area (Å²) in [4.78, 5) is 0. The maximum Gasteiger partial charge on any atom is 0.0951 e. The standard InChI is InChI=1S/C10H11BrClN3O/c1-16-3-2-15-5-6-8(14-15)4-7(12)10(13)9(6)11/h4-5H,2-3,13H2,1H3. The number of anilines is 1. The summed E-state index contributed by atoms with van der Waals surface area (Å²) in [6.07, 6.45) is 1.92. The number of aromatic nitrogens is 2. The van der Waals surface area contributed by atoms with E-state index in [0.29, 0.717) is 23.9 Å². The van der Waals surface area contributed by atoms with Crippen LogP contribution in [0.25, 0.3) is 10.9 Å². The molecule has 2 rings (SSSR count). The van der Waals surface area contributed by atoms with E-state index >= 15 is 0 Å². The smallest absolute Gasteiger partial charge is 0.0951 e. The van der Waals surface area contributed by atoms with Gasteiger partial charge >= 0.3 is 0 Å². The van der Waals surface area contributed by atoms with Gasteiger partial charge in [0.2, 0.25) is 0 Å². The second-order valence-corrected chi connectivity index (χ2v) is 4.60. The normalized spacial score (nSPS) is 11.2. The highest BCUT2D eigenvalue weighted by Gasteiger charge is 2.10. The molecule has 4 nitrogen and oxygen atoms in total. The summed E-state index contributed by atoms with van der Waals surface area (Å²) in [5, 5.41) is 5.85. The Hall–Kier alpha value is -0.780. The highest BCUT2D eigenvalue weighted by Crippen LogP contribution is 2.34. The van der Waals surface area contributed by atoms with E-state index in [2.05, 4.69) is 21.0 Å². The monoisotopic (exact) mass is 303 g/mol. The predicted octanol–water partition coefficient (Wildman–Crippen LogP) is 2.68. The SMILES string of the molecule is COCCn1cc2c(Br)c(N)c(Cl)cc2n1. The van der Waals surface area contributed by atoms with Crippen LogP contribution >= 0.6 is 27.5 Å². The van der Waals surface area contributed by atoms with Crippen molar-refractivity contribution < 1.29 is 4.74 Å². The zero-order chi connectivity index (χ0) is 11.7. The summed E-state index contributed by atoms with van der Waals surface area (Å²) < 4.78 is 7.60. The summed E-state index contributed by atoms with van der Waals surface area (Å²) in [7, 11) is 1.66. The van der Waals surface area contributed by atoms with Gasteiger partial charge in [-0.05, 0) is 22.0 Å².